The third kappa shape index (κ3) is 2.50. The highest BCUT2D eigenvalue weighted by Crippen LogP contribution is 2.27. The highest BCUT2D eigenvalue weighted by Gasteiger charge is 2.22. The van der Waals surface area contributed by atoms with Crippen molar-refractivity contribution >= 4 is 0 Å². The van der Waals surface area contributed by atoms with Crippen LogP contribution in [-0.4, -0.2) is 12.3 Å². The summed E-state index contributed by atoms with van der Waals surface area (Å²) in [5.74, 6) is 1.08. The van der Waals surface area contributed by atoms with Gasteiger partial charge in [0, 0.05) is 12.8 Å². The molecule has 12 heavy (non-hydrogen) atoms. The van der Waals surface area contributed by atoms with Crippen LogP contribution < -0.4 is 0 Å². The highest BCUT2D eigenvalue weighted by atomic mass is 19.1. The summed E-state index contributed by atoms with van der Waals surface area (Å²) in [6.07, 6.45) is 2.68. The van der Waals surface area contributed by atoms with E-state index in [9.17, 15) is 4.39 Å². The van der Waals surface area contributed by atoms with Gasteiger partial charge in [-0.15, -0.1) is 0 Å². The topological polar surface area (TPSA) is 9.23 Å². The summed E-state index contributed by atoms with van der Waals surface area (Å²) in [7, 11) is 0. The Labute approximate surface area is 73.6 Å². The highest BCUT2D eigenvalue weighted by molar-refractivity contribution is 5.02. The van der Waals surface area contributed by atoms with Crippen molar-refractivity contribution in [3.05, 3.63) is 11.8 Å². The zero-order valence-electron chi connectivity index (χ0n) is 8.01. The molecule has 0 aliphatic heterocycles. The zero-order valence-corrected chi connectivity index (χ0v) is 8.01. The molecule has 70 valence electrons. The number of allylic oxidation sites excluding steroid dienone is 2. The van der Waals surface area contributed by atoms with E-state index in [0.29, 0.717) is 6.42 Å². The van der Waals surface area contributed by atoms with Crippen LogP contribution in [0.15, 0.2) is 11.8 Å². The maximum absolute atomic E-state index is 13.0. The summed E-state index contributed by atoms with van der Waals surface area (Å²) in [5.41, 5.74) is 0. The van der Waals surface area contributed by atoms with Crippen LogP contribution in [0.3, 0.4) is 0 Å². The number of halogens is 1. The van der Waals surface area contributed by atoms with Crippen molar-refractivity contribution in [3.8, 4) is 0 Å². The van der Waals surface area contributed by atoms with Gasteiger partial charge in [0.05, 0.1) is 11.9 Å². The van der Waals surface area contributed by atoms with Crippen LogP contribution in [0.25, 0.3) is 0 Å². The second-order valence-electron chi connectivity index (χ2n) is 3.77. The molecule has 2 heteroatoms. The number of hydrogen-bond acceptors (Lipinski definition) is 1. The van der Waals surface area contributed by atoms with Gasteiger partial charge in [0.15, 0.2) is 0 Å². The first-order valence-electron chi connectivity index (χ1n) is 4.59. The maximum atomic E-state index is 13.0. The molecule has 0 fully saturated rings. The van der Waals surface area contributed by atoms with Gasteiger partial charge in [-0.05, 0) is 25.8 Å². The van der Waals surface area contributed by atoms with Gasteiger partial charge in [0.25, 0.3) is 0 Å². The third-order valence-corrected chi connectivity index (χ3v) is 2.10. The molecule has 0 saturated carbocycles. The molecule has 0 aromatic carbocycles. The molecule has 2 atom stereocenters. The lowest BCUT2D eigenvalue weighted by atomic mass is 9.93. The molecule has 1 nitrogen and oxygen atoms in total. The Balaban J connectivity index is 2.46. The number of hydrogen-bond donors (Lipinski definition) is 0. The van der Waals surface area contributed by atoms with E-state index in [2.05, 4.69) is 0 Å². The number of alkyl halides is 1. The van der Waals surface area contributed by atoms with E-state index in [1.165, 1.54) is 0 Å². The molecule has 0 saturated heterocycles. The van der Waals surface area contributed by atoms with Gasteiger partial charge in [0.2, 0.25) is 0 Å². The average molecular weight is 172 g/mol. The van der Waals surface area contributed by atoms with Gasteiger partial charge in [-0.1, -0.05) is 6.92 Å². The van der Waals surface area contributed by atoms with Gasteiger partial charge in [-0.3, -0.25) is 0 Å². The van der Waals surface area contributed by atoms with Crippen molar-refractivity contribution < 1.29 is 9.13 Å². The van der Waals surface area contributed by atoms with Crippen molar-refractivity contribution in [2.24, 2.45) is 5.92 Å². The maximum Gasteiger partial charge on any atom is 0.107 e. The van der Waals surface area contributed by atoms with E-state index in [4.69, 9.17) is 4.74 Å². The predicted octanol–water partition coefficient (Wildman–Crippen LogP) is 3.06. The lowest BCUT2D eigenvalue weighted by Crippen LogP contribution is -2.19. The fourth-order valence-electron chi connectivity index (χ4n) is 1.40. The van der Waals surface area contributed by atoms with Gasteiger partial charge in [-0.25, -0.2) is 4.39 Å². The standard InChI is InChI=1S/C10H17FO/c1-7(2)12-9-4-5-10(11)8(3)6-9/h4,7-8,10H,5-6H2,1-3H3. The van der Waals surface area contributed by atoms with Crippen LogP contribution in [0.5, 0.6) is 0 Å². The second-order valence-corrected chi connectivity index (χ2v) is 3.77. The van der Waals surface area contributed by atoms with E-state index in [1.54, 1.807) is 0 Å². The summed E-state index contributed by atoms with van der Waals surface area (Å²) >= 11 is 0. The van der Waals surface area contributed by atoms with Gasteiger partial charge >= 0.3 is 0 Å². The van der Waals surface area contributed by atoms with Crippen LogP contribution in [0, 0.1) is 5.92 Å². The minimum Gasteiger partial charge on any atom is -0.496 e. The Kier molecular flexibility index (Phi) is 3.12. The molecule has 0 bridgehead atoms. The predicted molar refractivity (Wildman–Crippen MR) is 47.6 cm³/mol. The number of rotatable bonds is 2. The lowest BCUT2D eigenvalue weighted by Gasteiger charge is -2.24. The van der Waals surface area contributed by atoms with Crippen LogP contribution in [-0.2, 0) is 4.74 Å². The van der Waals surface area contributed by atoms with Crippen LogP contribution in [0.1, 0.15) is 33.6 Å². The van der Waals surface area contributed by atoms with E-state index in [0.717, 1.165) is 12.2 Å². The Bertz CT molecular complexity index is 175. The summed E-state index contributed by atoms with van der Waals surface area (Å²) in [4.78, 5) is 0. The second kappa shape index (κ2) is 3.92. The first-order chi connectivity index (χ1) is 5.59. The molecule has 0 aromatic rings. The molecule has 1 aliphatic rings. The SMILES string of the molecule is CC(C)OC1=CCC(F)C(C)C1. The van der Waals surface area contributed by atoms with Gasteiger partial charge < -0.3 is 4.74 Å². The van der Waals surface area contributed by atoms with Crippen molar-refractivity contribution in [2.45, 2.75) is 45.9 Å². The summed E-state index contributed by atoms with van der Waals surface area (Å²) in [5, 5.41) is 0. The average Bonchev–Trinajstić information content (AvgIpc) is 1.96. The third-order valence-electron chi connectivity index (χ3n) is 2.10. The largest absolute Gasteiger partial charge is 0.496 e. The first-order valence-corrected chi connectivity index (χ1v) is 4.59. The molecule has 2 unspecified atom stereocenters. The zero-order chi connectivity index (χ0) is 9.14. The smallest absolute Gasteiger partial charge is 0.107 e. The van der Waals surface area contributed by atoms with Crippen molar-refractivity contribution in [3.63, 3.8) is 0 Å². The normalized spacial score (nSPS) is 30.2. The molecule has 0 amide bonds. The Morgan fingerprint density at radius 2 is 2.25 bits per heavy atom. The van der Waals surface area contributed by atoms with Crippen LogP contribution in [0.4, 0.5) is 4.39 Å². The van der Waals surface area contributed by atoms with Crippen molar-refractivity contribution in [1.82, 2.24) is 0 Å². The monoisotopic (exact) mass is 172 g/mol. The molecule has 0 aromatic heterocycles. The Morgan fingerprint density at radius 1 is 1.58 bits per heavy atom. The fraction of sp³-hybridized carbons (Fsp3) is 0.800. The molecule has 0 heterocycles. The molecule has 0 N–H and O–H groups in total. The van der Waals surface area contributed by atoms with Crippen molar-refractivity contribution in [2.75, 3.05) is 0 Å². The summed E-state index contributed by atoms with van der Waals surface area (Å²) in [6.45, 7) is 5.92. The van der Waals surface area contributed by atoms with Crippen LogP contribution in [0.2, 0.25) is 0 Å². The van der Waals surface area contributed by atoms with Crippen molar-refractivity contribution in [1.29, 1.82) is 0 Å². The fourth-order valence-corrected chi connectivity index (χ4v) is 1.40. The first kappa shape index (κ1) is 9.56. The minimum absolute atomic E-state index is 0.115. The summed E-state index contributed by atoms with van der Waals surface area (Å²) in [6, 6.07) is 0. The van der Waals surface area contributed by atoms with E-state index in [1.807, 2.05) is 26.8 Å². The van der Waals surface area contributed by atoms with Crippen LogP contribution >= 0.6 is 0 Å². The molecule has 1 rings (SSSR count). The Hall–Kier alpha value is -0.530. The molecular formula is C10H17FO. The van der Waals surface area contributed by atoms with Gasteiger partial charge in [0.1, 0.15) is 6.17 Å². The van der Waals surface area contributed by atoms with E-state index in [-0.39, 0.29) is 12.0 Å². The number of ether oxygens (including phenoxy) is 1. The quantitative estimate of drug-likeness (QED) is 0.622. The molecule has 0 radical (unpaired) electrons. The summed E-state index contributed by atoms with van der Waals surface area (Å²) < 4.78 is 18.5. The molecular weight excluding hydrogens is 155 g/mol. The van der Waals surface area contributed by atoms with Gasteiger partial charge in [-0.2, -0.15) is 0 Å². The lowest BCUT2D eigenvalue weighted by molar-refractivity contribution is 0.110. The van der Waals surface area contributed by atoms with E-state index >= 15 is 0 Å². The minimum atomic E-state index is -0.676. The van der Waals surface area contributed by atoms with E-state index < -0.39 is 6.17 Å². The molecule has 0 spiro atoms. The Morgan fingerprint density at radius 3 is 2.75 bits per heavy atom. The molecule has 1 aliphatic carbocycles.